The van der Waals surface area contributed by atoms with Gasteiger partial charge in [0.2, 0.25) is 0 Å². The molecule has 0 saturated carbocycles. The van der Waals surface area contributed by atoms with E-state index < -0.39 is 0 Å². The lowest BCUT2D eigenvalue weighted by molar-refractivity contribution is 0.475. The van der Waals surface area contributed by atoms with Gasteiger partial charge in [0.05, 0.1) is 0 Å². The Balaban J connectivity index is 2.54. The summed E-state index contributed by atoms with van der Waals surface area (Å²) in [4.78, 5) is 8.12. The lowest BCUT2D eigenvalue weighted by Gasteiger charge is -2.04. The number of phenols is 1. The highest BCUT2D eigenvalue weighted by Gasteiger charge is 2.06. The van der Waals surface area contributed by atoms with E-state index in [1.807, 2.05) is 6.07 Å². The number of rotatable bonds is 1. The van der Waals surface area contributed by atoms with E-state index in [0.29, 0.717) is 11.0 Å². The van der Waals surface area contributed by atoms with Crippen LogP contribution in [0.2, 0.25) is 5.15 Å². The quantitative estimate of drug-likeness (QED) is 0.752. The Morgan fingerprint density at radius 3 is 2.80 bits per heavy atom. The molecule has 0 radical (unpaired) electrons. The number of nitrogens with zero attached hydrogens (tertiary/aromatic N) is 2. The molecule has 4 heteroatoms. The van der Waals surface area contributed by atoms with Crippen molar-refractivity contribution in [2.75, 3.05) is 0 Å². The zero-order chi connectivity index (χ0) is 10.8. The maximum atomic E-state index is 9.34. The lowest BCUT2D eigenvalue weighted by Crippen LogP contribution is -1.90. The van der Waals surface area contributed by atoms with Crippen molar-refractivity contribution in [3.05, 3.63) is 41.4 Å². The average molecular weight is 221 g/mol. The Kier molecular flexibility index (Phi) is 2.56. The van der Waals surface area contributed by atoms with Crippen LogP contribution in [0.25, 0.3) is 11.1 Å². The zero-order valence-electron chi connectivity index (χ0n) is 8.11. The van der Waals surface area contributed by atoms with Crippen LogP contribution < -0.4 is 0 Å². The molecule has 0 aliphatic heterocycles. The van der Waals surface area contributed by atoms with E-state index in [2.05, 4.69) is 9.97 Å². The van der Waals surface area contributed by atoms with Gasteiger partial charge < -0.3 is 5.11 Å². The normalized spacial score (nSPS) is 10.3. The van der Waals surface area contributed by atoms with Crippen LogP contribution in [0.5, 0.6) is 5.75 Å². The van der Waals surface area contributed by atoms with Crippen LogP contribution in [0, 0.1) is 6.92 Å². The van der Waals surface area contributed by atoms with E-state index in [-0.39, 0.29) is 5.75 Å². The number of hydrogen-bond donors (Lipinski definition) is 1. The smallest absolute Gasteiger partial charge is 0.140 e. The maximum Gasteiger partial charge on any atom is 0.140 e. The van der Waals surface area contributed by atoms with Gasteiger partial charge in [-0.05, 0) is 24.6 Å². The number of halogens is 1. The minimum absolute atomic E-state index is 0.198. The predicted molar refractivity (Wildman–Crippen MR) is 58.9 cm³/mol. The number of hydrogen-bond acceptors (Lipinski definition) is 3. The van der Waals surface area contributed by atoms with Gasteiger partial charge in [-0.25, -0.2) is 9.97 Å². The predicted octanol–water partition coefficient (Wildman–Crippen LogP) is 2.81. The first-order valence-electron chi connectivity index (χ1n) is 4.45. The van der Waals surface area contributed by atoms with Crippen molar-refractivity contribution in [3.8, 4) is 16.9 Å². The van der Waals surface area contributed by atoms with Gasteiger partial charge in [0.25, 0.3) is 0 Å². The van der Waals surface area contributed by atoms with Gasteiger partial charge in [0.15, 0.2) is 0 Å². The molecule has 15 heavy (non-hydrogen) atoms. The molecule has 1 aromatic heterocycles. The second-order valence-corrected chi connectivity index (χ2v) is 3.53. The highest BCUT2D eigenvalue weighted by Crippen LogP contribution is 2.27. The Labute approximate surface area is 92.4 Å². The van der Waals surface area contributed by atoms with Crippen molar-refractivity contribution in [2.24, 2.45) is 0 Å². The number of aromatic nitrogens is 2. The second kappa shape index (κ2) is 3.87. The van der Waals surface area contributed by atoms with E-state index in [9.17, 15) is 5.11 Å². The first-order valence-corrected chi connectivity index (χ1v) is 4.83. The third kappa shape index (κ3) is 2.07. The van der Waals surface area contributed by atoms with Gasteiger partial charge in [-0.15, -0.1) is 0 Å². The van der Waals surface area contributed by atoms with Crippen molar-refractivity contribution in [1.29, 1.82) is 0 Å². The fourth-order valence-corrected chi connectivity index (χ4v) is 1.59. The highest BCUT2D eigenvalue weighted by atomic mass is 35.5. The fraction of sp³-hybridized carbons (Fsp3) is 0.0909. The molecule has 0 saturated heterocycles. The van der Waals surface area contributed by atoms with Crippen molar-refractivity contribution in [1.82, 2.24) is 9.97 Å². The first kappa shape index (κ1) is 9.93. The standard InChI is InChI=1S/C11H9ClN2O/c1-7-13-6-10(11(12)14-7)8-3-2-4-9(15)5-8/h2-6,15H,1H3. The topological polar surface area (TPSA) is 46.0 Å². The Morgan fingerprint density at radius 2 is 2.13 bits per heavy atom. The molecule has 0 aliphatic carbocycles. The molecule has 0 spiro atoms. The second-order valence-electron chi connectivity index (χ2n) is 3.17. The summed E-state index contributed by atoms with van der Waals surface area (Å²) in [6, 6.07) is 6.83. The number of phenolic OH excluding ortho intramolecular Hbond substituents is 1. The molecule has 0 fully saturated rings. The summed E-state index contributed by atoms with van der Waals surface area (Å²) in [5.41, 5.74) is 1.53. The van der Waals surface area contributed by atoms with Crippen molar-refractivity contribution >= 4 is 11.6 Å². The summed E-state index contributed by atoms with van der Waals surface area (Å²) < 4.78 is 0. The molecule has 2 aromatic rings. The average Bonchev–Trinajstić information content (AvgIpc) is 2.17. The monoisotopic (exact) mass is 220 g/mol. The van der Waals surface area contributed by atoms with Crippen LogP contribution >= 0.6 is 11.6 Å². The van der Waals surface area contributed by atoms with Crippen molar-refractivity contribution in [2.45, 2.75) is 6.92 Å². The third-order valence-electron chi connectivity index (χ3n) is 2.02. The van der Waals surface area contributed by atoms with Crippen LogP contribution in [-0.2, 0) is 0 Å². The number of aryl methyl sites for hydroxylation is 1. The minimum atomic E-state index is 0.198. The van der Waals surface area contributed by atoms with E-state index in [4.69, 9.17) is 11.6 Å². The number of aromatic hydroxyl groups is 1. The van der Waals surface area contributed by atoms with Crippen LogP contribution in [0.4, 0.5) is 0 Å². The van der Waals surface area contributed by atoms with E-state index in [0.717, 1.165) is 11.1 Å². The molecular weight excluding hydrogens is 212 g/mol. The molecule has 2 rings (SSSR count). The van der Waals surface area contributed by atoms with Gasteiger partial charge in [0.1, 0.15) is 16.7 Å². The molecule has 0 amide bonds. The molecule has 0 bridgehead atoms. The van der Waals surface area contributed by atoms with Gasteiger partial charge in [0, 0.05) is 11.8 Å². The van der Waals surface area contributed by atoms with Gasteiger partial charge >= 0.3 is 0 Å². The summed E-state index contributed by atoms with van der Waals surface area (Å²) >= 11 is 5.98. The van der Waals surface area contributed by atoms with Gasteiger partial charge in [-0.2, -0.15) is 0 Å². The highest BCUT2D eigenvalue weighted by molar-refractivity contribution is 6.32. The molecule has 1 N–H and O–H groups in total. The zero-order valence-corrected chi connectivity index (χ0v) is 8.86. The SMILES string of the molecule is Cc1ncc(-c2cccc(O)c2)c(Cl)n1. The molecule has 1 aromatic carbocycles. The molecule has 0 aliphatic rings. The van der Waals surface area contributed by atoms with Crippen LogP contribution in [0.15, 0.2) is 30.5 Å². The van der Waals surface area contributed by atoms with Crippen LogP contribution in [-0.4, -0.2) is 15.1 Å². The molecule has 1 heterocycles. The van der Waals surface area contributed by atoms with Crippen molar-refractivity contribution in [3.63, 3.8) is 0 Å². The van der Waals surface area contributed by atoms with E-state index >= 15 is 0 Å². The minimum Gasteiger partial charge on any atom is -0.508 e. The fourth-order valence-electron chi connectivity index (χ4n) is 1.31. The Bertz CT molecular complexity index is 500. The van der Waals surface area contributed by atoms with Gasteiger partial charge in [-0.1, -0.05) is 23.7 Å². The molecule has 0 unspecified atom stereocenters. The number of benzene rings is 1. The van der Waals surface area contributed by atoms with E-state index in [1.165, 1.54) is 0 Å². The molecule has 3 nitrogen and oxygen atoms in total. The summed E-state index contributed by atoms with van der Waals surface area (Å²) in [7, 11) is 0. The molecular formula is C11H9ClN2O. The third-order valence-corrected chi connectivity index (χ3v) is 2.31. The van der Waals surface area contributed by atoms with Gasteiger partial charge in [-0.3, -0.25) is 0 Å². The Morgan fingerprint density at radius 1 is 1.33 bits per heavy atom. The molecule has 0 atom stereocenters. The van der Waals surface area contributed by atoms with Crippen molar-refractivity contribution < 1.29 is 5.11 Å². The van der Waals surface area contributed by atoms with Crippen LogP contribution in [0.1, 0.15) is 5.82 Å². The van der Waals surface area contributed by atoms with Crippen LogP contribution in [0.3, 0.4) is 0 Å². The summed E-state index contributed by atoms with van der Waals surface area (Å²) in [6.45, 7) is 1.78. The lowest BCUT2D eigenvalue weighted by atomic mass is 10.1. The summed E-state index contributed by atoms with van der Waals surface area (Å²) in [5, 5.41) is 9.73. The van der Waals surface area contributed by atoms with E-state index in [1.54, 1.807) is 31.3 Å². The summed E-state index contributed by atoms with van der Waals surface area (Å²) in [6.07, 6.45) is 1.65. The Hall–Kier alpha value is -1.61. The maximum absolute atomic E-state index is 9.34. The summed E-state index contributed by atoms with van der Waals surface area (Å²) in [5.74, 6) is 0.827. The first-order chi connectivity index (χ1) is 7.16. The largest absolute Gasteiger partial charge is 0.508 e. The molecule has 76 valence electrons.